The molecule has 2 aromatic rings. The normalized spacial score (nSPS) is 10.1. The second-order valence-electron chi connectivity index (χ2n) is 4.56. The van der Waals surface area contributed by atoms with Crippen LogP contribution < -0.4 is 15.8 Å². The molecule has 0 fully saturated rings. The molecule has 4 N–H and O–H groups in total. The van der Waals surface area contributed by atoms with Gasteiger partial charge in [-0.1, -0.05) is 24.3 Å². The highest BCUT2D eigenvalue weighted by Gasteiger charge is 2.12. The zero-order chi connectivity index (χ0) is 15.2. The van der Waals surface area contributed by atoms with Crippen LogP contribution in [0.5, 0.6) is 5.75 Å². The van der Waals surface area contributed by atoms with E-state index >= 15 is 0 Å². The third kappa shape index (κ3) is 3.45. The van der Waals surface area contributed by atoms with Crippen molar-refractivity contribution in [3.63, 3.8) is 0 Å². The Balaban J connectivity index is 2.09. The molecule has 0 aromatic heterocycles. The first-order valence-corrected chi connectivity index (χ1v) is 6.61. The van der Waals surface area contributed by atoms with Crippen LogP contribution in [0.25, 0.3) is 0 Å². The van der Waals surface area contributed by atoms with Crippen LogP contribution in [0.2, 0.25) is 0 Å². The maximum absolute atomic E-state index is 11.2. The molecule has 0 spiro atoms. The minimum atomic E-state index is -0.998. The Morgan fingerprint density at radius 2 is 2.00 bits per heavy atom. The molecule has 0 aliphatic heterocycles. The number of hydrogen-bond donors (Lipinski definition) is 3. The number of rotatable bonds is 6. The summed E-state index contributed by atoms with van der Waals surface area (Å²) >= 11 is 0. The fourth-order valence-electron chi connectivity index (χ4n) is 2.18. The Labute approximate surface area is 123 Å². The average molecular weight is 286 g/mol. The molecule has 0 bridgehead atoms. The predicted molar refractivity (Wildman–Crippen MR) is 83.0 cm³/mol. The maximum Gasteiger partial charge on any atom is 0.337 e. The summed E-state index contributed by atoms with van der Waals surface area (Å²) in [7, 11) is 1.63. The molecular weight excluding hydrogens is 268 g/mol. The molecule has 21 heavy (non-hydrogen) atoms. The van der Waals surface area contributed by atoms with Crippen LogP contribution in [0.3, 0.4) is 0 Å². The molecule has 0 unspecified atom stereocenters. The molecule has 2 rings (SSSR count). The van der Waals surface area contributed by atoms with E-state index in [0.29, 0.717) is 24.3 Å². The van der Waals surface area contributed by atoms with Crippen LogP contribution in [-0.2, 0) is 6.42 Å². The molecule has 110 valence electrons. The van der Waals surface area contributed by atoms with E-state index in [4.69, 9.17) is 10.5 Å². The number of aromatic carboxylic acids is 1. The lowest BCUT2D eigenvalue weighted by Gasteiger charge is -2.13. The van der Waals surface area contributed by atoms with Crippen molar-refractivity contribution in [2.24, 2.45) is 0 Å². The number of ether oxygens (including phenoxy) is 1. The molecule has 0 heterocycles. The molecule has 5 heteroatoms. The Morgan fingerprint density at radius 3 is 2.71 bits per heavy atom. The maximum atomic E-state index is 11.2. The predicted octanol–water partition coefficient (Wildman–Crippen LogP) is 2.63. The van der Waals surface area contributed by atoms with Gasteiger partial charge in [-0.3, -0.25) is 0 Å². The van der Waals surface area contributed by atoms with Crippen molar-refractivity contribution >= 4 is 17.3 Å². The molecule has 0 saturated carbocycles. The van der Waals surface area contributed by atoms with E-state index in [9.17, 15) is 9.90 Å². The third-order valence-corrected chi connectivity index (χ3v) is 3.22. The van der Waals surface area contributed by atoms with Gasteiger partial charge in [0.25, 0.3) is 0 Å². The van der Waals surface area contributed by atoms with Gasteiger partial charge in [-0.05, 0) is 30.2 Å². The first kappa shape index (κ1) is 14.7. The van der Waals surface area contributed by atoms with Gasteiger partial charge in [0.2, 0.25) is 0 Å². The highest BCUT2D eigenvalue weighted by Crippen LogP contribution is 2.24. The third-order valence-electron chi connectivity index (χ3n) is 3.22. The van der Waals surface area contributed by atoms with E-state index in [1.807, 2.05) is 24.3 Å². The largest absolute Gasteiger partial charge is 0.496 e. The van der Waals surface area contributed by atoms with Crippen molar-refractivity contribution in [1.82, 2.24) is 0 Å². The molecule has 0 atom stereocenters. The standard InChI is InChI=1S/C16H18N2O3/c1-21-14-8-3-2-5-11(14)9-10-18-15-12(16(19)20)6-4-7-13(15)17/h2-8,18H,9-10,17H2,1H3,(H,19,20). The van der Waals surface area contributed by atoms with Crippen LogP contribution in [0.1, 0.15) is 15.9 Å². The monoisotopic (exact) mass is 286 g/mol. The molecule has 2 aromatic carbocycles. The first-order valence-electron chi connectivity index (χ1n) is 6.61. The van der Waals surface area contributed by atoms with Crippen LogP contribution in [-0.4, -0.2) is 24.7 Å². The number of carboxylic acid groups (broad SMARTS) is 1. The van der Waals surface area contributed by atoms with E-state index in [2.05, 4.69) is 5.32 Å². The second kappa shape index (κ2) is 6.65. The van der Waals surface area contributed by atoms with Crippen LogP contribution in [0.4, 0.5) is 11.4 Å². The van der Waals surface area contributed by atoms with Crippen LogP contribution >= 0.6 is 0 Å². The number of methoxy groups -OCH3 is 1. The van der Waals surface area contributed by atoms with Gasteiger partial charge in [0.05, 0.1) is 24.0 Å². The van der Waals surface area contributed by atoms with E-state index in [1.54, 1.807) is 19.2 Å². The highest BCUT2D eigenvalue weighted by molar-refractivity contribution is 5.97. The van der Waals surface area contributed by atoms with Crippen molar-refractivity contribution in [1.29, 1.82) is 0 Å². The van der Waals surface area contributed by atoms with Gasteiger partial charge in [-0.2, -0.15) is 0 Å². The fraction of sp³-hybridized carbons (Fsp3) is 0.188. The minimum absolute atomic E-state index is 0.176. The summed E-state index contributed by atoms with van der Waals surface area (Å²) in [5.41, 5.74) is 7.96. The highest BCUT2D eigenvalue weighted by atomic mass is 16.5. The fourth-order valence-corrected chi connectivity index (χ4v) is 2.18. The van der Waals surface area contributed by atoms with Gasteiger partial charge in [-0.15, -0.1) is 0 Å². The quantitative estimate of drug-likeness (QED) is 0.711. The van der Waals surface area contributed by atoms with Crippen molar-refractivity contribution in [2.45, 2.75) is 6.42 Å². The zero-order valence-electron chi connectivity index (χ0n) is 11.8. The number of para-hydroxylation sites is 2. The molecule has 0 amide bonds. The zero-order valence-corrected chi connectivity index (χ0v) is 11.8. The van der Waals surface area contributed by atoms with Crippen molar-refractivity contribution in [3.8, 4) is 5.75 Å². The summed E-state index contributed by atoms with van der Waals surface area (Å²) in [4.78, 5) is 11.2. The molecular formula is C16H18N2O3. The summed E-state index contributed by atoms with van der Waals surface area (Å²) in [6.07, 6.45) is 0.706. The lowest BCUT2D eigenvalue weighted by molar-refractivity contribution is 0.0698. The SMILES string of the molecule is COc1ccccc1CCNc1c(N)cccc1C(=O)O. The first-order chi connectivity index (χ1) is 10.1. The number of nitrogen functional groups attached to an aromatic ring is 1. The van der Waals surface area contributed by atoms with Crippen molar-refractivity contribution in [2.75, 3.05) is 24.7 Å². The van der Waals surface area contributed by atoms with E-state index in [-0.39, 0.29) is 5.56 Å². The molecule has 0 aliphatic carbocycles. The molecule has 0 aliphatic rings. The lowest BCUT2D eigenvalue weighted by atomic mass is 10.1. The van der Waals surface area contributed by atoms with Crippen LogP contribution in [0.15, 0.2) is 42.5 Å². The smallest absolute Gasteiger partial charge is 0.337 e. The number of anilines is 2. The van der Waals surface area contributed by atoms with Gasteiger partial charge < -0.3 is 20.9 Å². The molecule has 0 radical (unpaired) electrons. The number of carbonyl (C=O) groups is 1. The topological polar surface area (TPSA) is 84.6 Å². The summed E-state index contributed by atoms with van der Waals surface area (Å²) in [6.45, 7) is 0.564. The number of nitrogens with two attached hydrogens (primary N) is 1. The Morgan fingerprint density at radius 1 is 1.24 bits per heavy atom. The summed E-state index contributed by atoms with van der Waals surface area (Å²) < 4.78 is 5.29. The van der Waals surface area contributed by atoms with E-state index in [0.717, 1.165) is 11.3 Å². The van der Waals surface area contributed by atoms with Gasteiger partial charge in [0, 0.05) is 6.54 Å². The number of benzene rings is 2. The Hall–Kier alpha value is -2.69. The number of carboxylic acids is 1. The van der Waals surface area contributed by atoms with Gasteiger partial charge in [0.15, 0.2) is 0 Å². The lowest BCUT2D eigenvalue weighted by Crippen LogP contribution is -2.12. The summed E-state index contributed by atoms with van der Waals surface area (Å²) in [5, 5.41) is 12.3. The average Bonchev–Trinajstić information content (AvgIpc) is 2.49. The minimum Gasteiger partial charge on any atom is -0.496 e. The second-order valence-corrected chi connectivity index (χ2v) is 4.56. The van der Waals surface area contributed by atoms with Gasteiger partial charge >= 0.3 is 5.97 Å². The Kier molecular flexibility index (Phi) is 4.66. The van der Waals surface area contributed by atoms with Crippen molar-refractivity contribution < 1.29 is 14.6 Å². The summed E-state index contributed by atoms with van der Waals surface area (Å²) in [6, 6.07) is 12.6. The summed E-state index contributed by atoms with van der Waals surface area (Å²) in [5.74, 6) is -0.180. The number of nitrogens with one attached hydrogen (secondary N) is 1. The van der Waals surface area contributed by atoms with Gasteiger partial charge in [0.1, 0.15) is 5.75 Å². The Bertz CT molecular complexity index is 641. The molecule has 5 nitrogen and oxygen atoms in total. The molecule has 0 saturated heterocycles. The van der Waals surface area contributed by atoms with E-state index < -0.39 is 5.97 Å². The van der Waals surface area contributed by atoms with Gasteiger partial charge in [-0.25, -0.2) is 4.79 Å². The van der Waals surface area contributed by atoms with E-state index in [1.165, 1.54) is 6.07 Å². The van der Waals surface area contributed by atoms with Crippen LogP contribution in [0, 0.1) is 0 Å². The number of hydrogen-bond acceptors (Lipinski definition) is 4. The van der Waals surface area contributed by atoms with Crippen molar-refractivity contribution in [3.05, 3.63) is 53.6 Å².